The molecule has 2 aromatic rings. The fourth-order valence-electron chi connectivity index (χ4n) is 1.15. The lowest BCUT2D eigenvalue weighted by atomic mass is 10.1. The van der Waals surface area contributed by atoms with Crippen LogP contribution >= 0.6 is 15.9 Å². The van der Waals surface area contributed by atoms with Gasteiger partial charge in [0.05, 0.1) is 6.26 Å². The van der Waals surface area contributed by atoms with E-state index in [1.54, 1.807) is 24.3 Å². The van der Waals surface area contributed by atoms with Crippen LogP contribution in [0.4, 0.5) is 0 Å². The molecule has 3 heteroatoms. The van der Waals surface area contributed by atoms with Gasteiger partial charge in [0.25, 0.3) is 0 Å². The number of ketones is 1. The van der Waals surface area contributed by atoms with Crippen molar-refractivity contribution in [3.8, 4) is 0 Å². The molecule has 14 heavy (non-hydrogen) atoms. The van der Waals surface area contributed by atoms with Gasteiger partial charge in [-0.25, -0.2) is 0 Å². The second-order valence-electron chi connectivity index (χ2n) is 2.81. The molecule has 0 spiro atoms. The minimum Gasteiger partial charge on any atom is -0.461 e. The smallest absolute Gasteiger partial charge is 0.228 e. The Balaban J connectivity index is 2.33. The molecule has 0 saturated carbocycles. The van der Waals surface area contributed by atoms with Gasteiger partial charge in [-0.3, -0.25) is 4.79 Å². The van der Waals surface area contributed by atoms with E-state index < -0.39 is 0 Å². The Morgan fingerprint density at radius 3 is 2.43 bits per heavy atom. The van der Waals surface area contributed by atoms with E-state index in [2.05, 4.69) is 15.9 Å². The molecule has 0 amide bonds. The van der Waals surface area contributed by atoms with Gasteiger partial charge >= 0.3 is 0 Å². The summed E-state index contributed by atoms with van der Waals surface area (Å²) in [6, 6.07) is 10.5. The SMILES string of the molecule is O=C(c1ccc(Br)cc1)c1ccco1. The molecule has 0 aliphatic carbocycles. The fourth-order valence-corrected chi connectivity index (χ4v) is 1.42. The Morgan fingerprint density at radius 2 is 1.86 bits per heavy atom. The molecule has 0 aliphatic heterocycles. The summed E-state index contributed by atoms with van der Waals surface area (Å²) in [4.78, 5) is 11.7. The zero-order chi connectivity index (χ0) is 9.97. The predicted molar refractivity (Wildman–Crippen MR) is 56.3 cm³/mol. The molecule has 1 heterocycles. The minimum absolute atomic E-state index is 0.0949. The van der Waals surface area contributed by atoms with Gasteiger partial charge in [0.2, 0.25) is 5.78 Å². The third-order valence-electron chi connectivity index (χ3n) is 1.85. The Bertz CT molecular complexity index is 429. The van der Waals surface area contributed by atoms with E-state index in [0.717, 1.165) is 4.47 Å². The third-order valence-corrected chi connectivity index (χ3v) is 2.38. The maximum Gasteiger partial charge on any atom is 0.228 e. The average Bonchev–Trinajstić information content (AvgIpc) is 2.71. The number of halogens is 1. The first-order valence-corrected chi connectivity index (χ1v) is 4.90. The van der Waals surface area contributed by atoms with Crippen LogP contribution in [0.1, 0.15) is 16.1 Å². The highest BCUT2D eigenvalue weighted by Crippen LogP contribution is 2.14. The Kier molecular flexibility index (Phi) is 2.50. The summed E-state index contributed by atoms with van der Waals surface area (Å²) < 4.78 is 5.97. The lowest BCUT2D eigenvalue weighted by molar-refractivity contribution is 0.101. The van der Waals surface area contributed by atoms with Gasteiger partial charge in [-0.15, -0.1) is 0 Å². The third kappa shape index (κ3) is 1.77. The number of hydrogen-bond acceptors (Lipinski definition) is 2. The largest absolute Gasteiger partial charge is 0.461 e. The Morgan fingerprint density at radius 1 is 1.14 bits per heavy atom. The topological polar surface area (TPSA) is 30.2 Å². The van der Waals surface area contributed by atoms with Gasteiger partial charge in [0.15, 0.2) is 5.76 Å². The van der Waals surface area contributed by atoms with E-state index in [0.29, 0.717) is 11.3 Å². The van der Waals surface area contributed by atoms with Crippen molar-refractivity contribution in [1.82, 2.24) is 0 Å². The van der Waals surface area contributed by atoms with Crippen molar-refractivity contribution in [2.75, 3.05) is 0 Å². The van der Waals surface area contributed by atoms with Crippen LogP contribution in [0, 0.1) is 0 Å². The highest BCUT2D eigenvalue weighted by Gasteiger charge is 2.10. The fraction of sp³-hybridized carbons (Fsp3) is 0. The van der Waals surface area contributed by atoms with E-state index in [9.17, 15) is 4.79 Å². The number of hydrogen-bond donors (Lipinski definition) is 0. The van der Waals surface area contributed by atoms with E-state index >= 15 is 0 Å². The Hall–Kier alpha value is -1.35. The number of carbonyl (C=O) groups excluding carboxylic acids is 1. The van der Waals surface area contributed by atoms with Crippen LogP contribution in [0.15, 0.2) is 51.6 Å². The van der Waals surface area contributed by atoms with Crippen LogP contribution in [0.2, 0.25) is 0 Å². The first kappa shape index (κ1) is 9.21. The van der Waals surface area contributed by atoms with E-state index in [1.165, 1.54) is 6.26 Å². The average molecular weight is 251 g/mol. The molecule has 0 unspecified atom stereocenters. The molecule has 1 aromatic heterocycles. The summed E-state index contributed by atoms with van der Waals surface area (Å²) in [7, 11) is 0. The van der Waals surface area contributed by atoms with Gasteiger partial charge in [0.1, 0.15) is 0 Å². The summed E-state index contributed by atoms with van der Waals surface area (Å²) in [5.74, 6) is 0.273. The number of furan rings is 1. The Labute approximate surface area is 89.7 Å². The lowest BCUT2D eigenvalue weighted by Crippen LogP contribution is -1.98. The quantitative estimate of drug-likeness (QED) is 0.766. The maximum absolute atomic E-state index is 11.7. The molecule has 0 saturated heterocycles. The second-order valence-corrected chi connectivity index (χ2v) is 3.73. The van der Waals surface area contributed by atoms with Crippen molar-refractivity contribution in [2.45, 2.75) is 0 Å². The van der Waals surface area contributed by atoms with Crippen molar-refractivity contribution in [2.24, 2.45) is 0 Å². The standard InChI is InChI=1S/C11H7BrO2/c12-9-5-3-8(4-6-9)11(13)10-2-1-7-14-10/h1-7H. The first-order valence-electron chi connectivity index (χ1n) is 4.11. The lowest BCUT2D eigenvalue weighted by Gasteiger charge is -1.96. The first-order chi connectivity index (χ1) is 6.77. The van der Waals surface area contributed by atoms with Crippen LogP contribution in [-0.4, -0.2) is 5.78 Å². The zero-order valence-corrected chi connectivity index (χ0v) is 8.82. The summed E-state index contributed by atoms with van der Waals surface area (Å²) in [6.07, 6.45) is 1.49. The molecular weight excluding hydrogens is 244 g/mol. The highest BCUT2D eigenvalue weighted by atomic mass is 79.9. The minimum atomic E-state index is -0.0949. The van der Waals surface area contributed by atoms with Gasteiger partial charge in [-0.1, -0.05) is 15.9 Å². The molecule has 1 aromatic carbocycles. The van der Waals surface area contributed by atoms with Crippen LogP contribution < -0.4 is 0 Å². The molecule has 0 atom stereocenters. The molecule has 70 valence electrons. The van der Waals surface area contributed by atoms with Crippen LogP contribution in [0.3, 0.4) is 0 Å². The summed E-state index contributed by atoms with van der Waals surface area (Å²) in [5, 5.41) is 0. The normalized spacial score (nSPS) is 10.1. The molecule has 2 rings (SSSR count). The molecule has 0 N–H and O–H groups in total. The van der Waals surface area contributed by atoms with Gasteiger partial charge in [0, 0.05) is 10.0 Å². The summed E-state index contributed by atoms with van der Waals surface area (Å²) >= 11 is 3.31. The van der Waals surface area contributed by atoms with Crippen molar-refractivity contribution >= 4 is 21.7 Å². The highest BCUT2D eigenvalue weighted by molar-refractivity contribution is 9.10. The van der Waals surface area contributed by atoms with Gasteiger partial charge < -0.3 is 4.42 Å². The van der Waals surface area contributed by atoms with Crippen molar-refractivity contribution < 1.29 is 9.21 Å². The molecule has 0 aliphatic rings. The summed E-state index contributed by atoms with van der Waals surface area (Å²) in [5.41, 5.74) is 0.628. The van der Waals surface area contributed by atoms with E-state index in [-0.39, 0.29) is 5.78 Å². The molecule has 0 radical (unpaired) electrons. The van der Waals surface area contributed by atoms with Crippen LogP contribution in [0.25, 0.3) is 0 Å². The number of carbonyl (C=O) groups is 1. The van der Waals surface area contributed by atoms with Crippen molar-refractivity contribution in [3.05, 3.63) is 58.5 Å². The molecule has 0 fully saturated rings. The summed E-state index contributed by atoms with van der Waals surface area (Å²) in [6.45, 7) is 0. The maximum atomic E-state index is 11.7. The second kappa shape index (κ2) is 3.80. The van der Waals surface area contributed by atoms with E-state index in [1.807, 2.05) is 12.1 Å². The number of rotatable bonds is 2. The predicted octanol–water partition coefficient (Wildman–Crippen LogP) is 3.27. The van der Waals surface area contributed by atoms with E-state index in [4.69, 9.17) is 4.42 Å². The van der Waals surface area contributed by atoms with Crippen LogP contribution in [-0.2, 0) is 0 Å². The zero-order valence-electron chi connectivity index (χ0n) is 7.24. The molecular formula is C11H7BrO2. The van der Waals surface area contributed by atoms with Gasteiger partial charge in [-0.2, -0.15) is 0 Å². The molecule has 2 nitrogen and oxygen atoms in total. The van der Waals surface area contributed by atoms with Crippen molar-refractivity contribution in [3.63, 3.8) is 0 Å². The van der Waals surface area contributed by atoms with Crippen molar-refractivity contribution in [1.29, 1.82) is 0 Å². The number of benzene rings is 1. The monoisotopic (exact) mass is 250 g/mol. The van der Waals surface area contributed by atoms with Crippen LogP contribution in [0.5, 0.6) is 0 Å². The molecule has 0 bridgehead atoms. The van der Waals surface area contributed by atoms with Gasteiger partial charge in [-0.05, 0) is 36.4 Å².